The first-order valence-corrected chi connectivity index (χ1v) is 9.53. The van der Waals surface area contributed by atoms with Crippen LogP contribution in [0.4, 0.5) is 0 Å². The van der Waals surface area contributed by atoms with E-state index in [9.17, 15) is 9.59 Å². The van der Waals surface area contributed by atoms with E-state index < -0.39 is 0 Å². The van der Waals surface area contributed by atoms with Gasteiger partial charge in [-0.2, -0.15) is 0 Å². The summed E-state index contributed by atoms with van der Waals surface area (Å²) in [5.41, 5.74) is 3.03. The number of hydrogen-bond acceptors (Lipinski definition) is 3. The summed E-state index contributed by atoms with van der Waals surface area (Å²) >= 11 is 6.05. The predicted molar refractivity (Wildman–Crippen MR) is 107 cm³/mol. The number of halogens is 1. The fourth-order valence-electron chi connectivity index (χ4n) is 3.49. The molecule has 6 heteroatoms. The van der Waals surface area contributed by atoms with E-state index in [0.29, 0.717) is 23.6 Å². The van der Waals surface area contributed by atoms with Gasteiger partial charge in [-0.15, -0.1) is 0 Å². The number of carbonyl (C=O) groups excluding carboxylic acids is 2. The van der Waals surface area contributed by atoms with Crippen LogP contribution >= 0.6 is 11.6 Å². The van der Waals surface area contributed by atoms with Gasteiger partial charge in [-0.1, -0.05) is 23.7 Å². The number of aromatic nitrogens is 1. The second-order valence-electron chi connectivity index (χ2n) is 7.03. The number of nitrogens with zero attached hydrogens (tertiary/aromatic N) is 3. The molecule has 27 heavy (non-hydrogen) atoms. The van der Waals surface area contributed by atoms with Crippen molar-refractivity contribution in [2.45, 2.75) is 20.3 Å². The topological polar surface area (TPSA) is 53.5 Å². The Morgan fingerprint density at radius 1 is 1.33 bits per heavy atom. The monoisotopic (exact) mass is 385 g/mol. The molecule has 1 aromatic heterocycles. The molecule has 1 aromatic carbocycles. The molecule has 0 aliphatic carbocycles. The fraction of sp³-hybridized carbons (Fsp3) is 0.381. The molecule has 1 aliphatic rings. The van der Waals surface area contributed by atoms with Crippen molar-refractivity contribution >= 4 is 23.4 Å². The summed E-state index contributed by atoms with van der Waals surface area (Å²) in [5, 5.41) is 0.623. The Kier molecular flexibility index (Phi) is 5.80. The molecule has 0 N–H and O–H groups in total. The van der Waals surface area contributed by atoms with Crippen LogP contribution in [0.3, 0.4) is 0 Å². The van der Waals surface area contributed by atoms with Crippen LogP contribution in [-0.4, -0.2) is 53.3 Å². The van der Waals surface area contributed by atoms with E-state index in [0.717, 1.165) is 30.0 Å². The second kappa shape index (κ2) is 8.09. The average molecular weight is 386 g/mol. The highest BCUT2D eigenvalue weighted by atomic mass is 35.5. The summed E-state index contributed by atoms with van der Waals surface area (Å²) in [6.45, 7) is 5.86. The largest absolute Gasteiger partial charge is 0.343 e. The third-order valence-corrected chi connectivity index (χ3v) is 5.38. The van der Waals surface area contributed by atoms with Crippen LogP contribution in [-0.2, 0) is 4.79 Å². The molecule has 1 atom stereocenters. The van der Waals surface area contributed by atoms with Crippen LogP contribution in [0.5, 0.6) is 0 Å². The summed E-state index contributed by atoms with van der Waals surface area (Å²) in [7, 11) is 1.79. The summed E-state index contributed by atoms with van der Waals surface area (Å²) in [4.78, 5) is 32.8. The molecule has 0 saturated carbocycles. The molecule has 2 heterocycles. The molecule has 1 saturated heterocycles. The predicted octanol–water partition coefficient (Wildman–Crippen LogP) is 3.65. The van der Waals surface area contributed by atoms with E-state index in [4.69, 9.17) is 11.6 Å². The van der Waals surface area contributed by atoms with Crippen molar-refractivity contribution in [3.8, 4) is 11.3 Å². The van der Waals surface area contributed by atoms with Crippen LogP contribution in [0.25, 0.3) is 11.3 Å². The number of pyridine rings is 1. The number of likely N-dealkylation sites (tertiary alicyclic amines) is 1. The van der Waals surface area contributed by atoms with Crippen molar-refractivity contribution in [3.63, 3.8) is 0 Å². The smallest absolute Gasteiger partial charge is 0.253 e. The molecule has 1 unspecified atom stereocenters. The number of aryl methyl sites for hydroxylation is 1. The van der Waals surface area contributed by atoms with Crippen LogP contribution in [0, 0.1) is 12.8 Å². The molecule has 142 valence electrons. The molecule has 2 aromatic rings. The van der Waals surface area contributed by atoms with Gasteiger partial charge in [-0.25, -0.2) is 0 Å². The Hall–Kier alpha value is -2.40. The zero-order valence-corrected chi connectivity index (χ0v) is 16.7. The lowest BCUT2D eigenvalue weighted by Gasteiger charge is -2.21. The lowest BCUT2D eigenvalue weighted by molar-refractivity contribution is -0.127. The molecule has 1 fully saturated rings. The Bertz CT molecular complexity index is 868. The van der Waals surface area contributed by atoms with Crippen LogP contribution in [0.2, 0.25) is 5.02 Å². The zero-order valence-electron chi connectivity index (χ0n) is 15.9. The van der Waals surface area contributed by atoms with Crippen LogP contribution < -0.4 is 0 Å². The highest BCUT2D eigenvalue weighted by Crippen LogP contribution is 2.23. The van der Waals surface area contributed by atoms with E-state index in [1.807, 2.05) is 55.1 Å². The number of amides is 2. The van der Waals surface area contributed by atoms with Crippen LogP contribution in [0.15, 0.2) is 36.4 Å². The first-order chi connectivity index (χ1) is 12.9. The Balaban J connectivity index is 1.73. The van der Waals surface area contributed by atoms with Gasteiger partial charge in [0, 0.05) is 50.1 Å². The summed E-state index contributed by atoms with van der Waals surface area (Å²) < 4.78 is 0. The Morgan fingerprint density at radius 2 is 2.11 bits per heavy atom. The maximum Gasteiger partial charge on any atom is 0.253 e. The number of benzene rings is 1. The molecular weight excluding hydrogens is 362 g/mol. The minimum Gasteiger partial charge on any atom is -0.343 e. The number of rotatable bonds is 5. The molecule has 1 aliphatic heterocycles. The third-order valence-electron chi connectivity index (χ3n) is 4.98. The molecule has 3 rings (SSSR count). The normalized spacial score (nSPS) is 16.7. The van der Waals surface area contributed by atoms with Gasteiger partial charge >= 0.3 is 0 Å². The minimum absolute atomic E-state index is 0.0510. The maximum absolute atomic E-state index is 12.9. The lowest BCUT2D eigenvalue weighted by atomic mass is 10.0. The van der Waals surface area contributed by atoms with Crippen molar-refractivity contribution < 1.29 is 9.59 Å². The fourth-order valence-corrected chi connectivity index (χ4v) is 3.59. The second-order valence-corrected chi connectivity index (χ2v) is 7.44. The molecule has 0 spiro atoms. The first-order valence-electron chi connectivity index (χ1n) is 9.16. The lowest BCUT2D eigenvalue weighted by Crippen LogP contribution is -2.33. The van der Waals surface area contributed by atoms with E-state index >= 15 is 0 Å². The third kappa shape index (κ3) is 4.30. The number of carbonyl (C=O) groups is 2. The maximum atomic E-state index is 12.9. The van der Waals surface area contributed by atoms with Gasteiger partial charge in [-0.3, -0.25) is 14.6 Å². The van der Waals surface area contributed by atoms with Crippen LogP contribution in [0.1, 0.15) is 29.4 Å². The van der Waals surface area contributed by atoms with Crippen molar-refractivity contribution in [3.05, 3.63) is 52.7 Å². The zero-order chi connectivity index (χ0) is 19.6. The van der Waals surface area contributed by atoms with Gasteiger partial charge in [0.25, 0.3) is 5.91 Å². The van der Waals surface area contributed by atoms with Gasteiger partial charge in [0.1, 0.15) is 0 Å². The van der Waals surface area contributed by atoms with Gasteiger partial charge in [0.2, 0.25) is 5.91 Å². The van der Waals surface area contributed by atoms with E-state index in [2.05, 4.69) is 4.98 Å². The van der Waals surface area contributed by atoms with E-state index in [1.165, 1.54) is 0 Å². The highest BCUT2D eigenvalue weighted by Gasteiger charge is 2.30. The highest BCUT2D eigenvalue weighted by molar-refractivity contribution is 6.31. The average Bonchev–Trinajstić information content (AvgIpc) is 3.02. The van der Waals surface area contributed by atoms with Crippen molar-refractivity contribution in [1.29, 1.82) is 0 Å². The molecule has 2 amide bonds. The molecule has 5 nitrogen and oxygen atoms in total. The summed E-state index contributed by atoms with van der Waals surface area (Å²) in [6, 6.07) is 11.1. The molecule has 0 bridgehead atoms. The minimum atomic E-state index is -0.0510. The van der Waals surface area contributed by atoms with Crippen molar-refractivity contribution in [1.82, 2.24) is 14.8 Å². The Labute approximate surface area is 164 Å². The SMILES string of the molecule is CCN1CC(CN(C)C(=O)c2cccc(-c3ccc(Cl)c(C)n3)c2)CC1=O. The number of hydrogen-bond donors (Lipinski definition) is 0. The van der Waals surface area contributed by atoms with Crippen molar-refractivity contribution in [2.75, 3.05) is 26.7 Å². The quantitative estimate of drug-likeness (QED) is 0.789. The van der Waals surface area contributed by atoms with Crippen molar-refractivity contribution in [2.24, 2.45) is 5.92 Å². The van der Waals surface area contributed by atoms with Gasteiger partial charge in [-0.05, 0) is 38.1 Å². The van der Waals surface area contributed by atoms with Gasteiger partial charge in [0.15, 0.2) is 0 Å². The van der Waals surface area contributed by atoms with Gasteiger partial charge in [0.05, 0.1) is 16.4 Å². The van der Waals surface area contributed by atoms with E-state index in [1.54, 1.807) is 11.9 Å². The van der Waals surface area contributed by atoms with E-state index in [-0.39, 0.29) is 17.7 Å². The summed E-state index contributed by atoms with van der Waals surface area (Å²) in [5.74, 6) is 0.314. The van der Waals surface area contributed by atoms with Gasteiger partial charge < -0.3 is 9.80 Å². The Morgan fingerprint density at radius 3 is 2.78 bits per heavy atom. The molecule has 0 radical (unpaired) electrons. The molecular formula is C21H24ClN3O2. The standard InChI is InChI=1S/C21H24ClN3O2/c1-4-25-13-15(10-20(25)26)12-24(3)21(27)17-7-5-6-16(11-17)19-9-8-18(22)14(2)23-19/h5-9,11,15H,4,10,12-13H2,1-3H3. The summed E-state index contributed by atoms with van der Waals surface area (Å²) in [6.07, 6.45) is 0.513. The first kappa shape index (κ1) is 19.4.